The molecule has 1 rings (SSSR count). The zero-order valence-corrected chi connectivity index (χ0v) is 15.1. The number of ether oxygens (including phenoxy) is 1. The molecule has 6 nitrogen and oxygen atoms in total. The van der Waals surface area contributed by atoms with Crippen LogP contribution in [0.15, 0.2) is 17.4 Å². The van der Waals surface area contributed by atoms with E-state index in [9.17, 15) is 18.0 Å². The first-order valence-electron chi connectivity index (χ1n) is 6.91. The number of carbonyl (C=O) groups excluding carboxylic acids is 1. The smallest absolute Gasteiger partial charge is 0.425 e. The lowest BCUT2D eigenvalue weighted by atomic mass is 10.2. The van der Waals surface area contributed by atoms with E-state index in [1.165, 1.54) is 12.3 Å². The Morgan fingerprint density at radius 1 is 1.32 bits per heavy atom. The number of rotatable bonds is 5. The van der Waals surface area contributed by atoms with Crippen LogP contribution in [-0.4, -0.2) is 41.7 Å². The Hall–Kier alpha value is -1.74. The first kappa shape index (κ1) is 21.3. The second kappa shape index (κ2) is 8.57. The van der Waals surface area contributed by atoms with Gasteiger partial charge in [-0.15, -0.1) is 0 Å². The number of pyridine rings is 1. The van der Waals surface area contributed by atoms with E-state index in [2.05, 4.69) is 20.3 Å². The van der Waals surface area contributed by atoms with Gasteiger partial charge in [-0.25, -0.2) is 4.79 Å². The fraction of sp³-hybridized carbons (Fsp3) is 0.500. The summed E-state index contributed by atoms with van der Waals surface area (Å²) in [7, 11) is 0. The maximum absolute atomic E-state index is 12.2. The number of nitrogens with one attached hydrogen (secondary N) is 1. The zero-order valence-electron chi connectivity index (χ0n) is 13.6. The zero-order chi connectivity index (χ0) is 19.3. The van der Waals surface area contributed by atoms with E-state index in [4.69, 9.17) is 27.9 Å². The van der Waals surface area contributed by atoms with Gasteiger partial charge in [0.1, 0.15) is 17.0 Å². The number of alkyl carbamates (subject to hydrolysis) is 1. The van der Waals surface area contributed by atoms with Crippen LogP contribution >= 0.6 is 23.2 Å². The van der Waals surface area contributed by atoms with Gasteiger partial charge in [0.05, 0.1) is 16.6 Å². The summed E-state index contributed by atoms with van der Waals surface area (Å²) in [5.41, 5.74) is -0.856. The highest BCUT2D eigenvalue weighted by Crippen LogP contribution is 2.20. The van der Waals surface area contributed by atoms with Crippen molar-refractivity contribution >= 4 is 35.0 Å². The topological polar surface area (TPSA) is 72.8 Å². The first-order chi connectivity index (χ1) is 11.4. The normalized spacial score (nSPS) is 12.7. The summed E-state index contributed by atoms with van der Waals surface area (Å²) in [6.45, 7) is 3.05. The van der Waals surface area contributed by atoms with Crippen LogP contribution in [0.4, 0.5) is 18.0 Å². The molecule has 0 bridgehead atoms. The lowest BCUT2D eigenvalue weighted by Gasteiger charge is -2.19. The number of amides is 1. The molecule has 0 spiro atoms. The first-order valence-corrected chi connectivity index (χ1v) is 7.67. The van der Waals surface area contributed by atoms with Gasteiger partial charge in [0.25, 0.3) is 0 Å². The lowest BCUT2D eigenvalue weighted by Crippen LogP contribution is -2.36. The Morgan fingerprint density at radius 3 is 2.48 bits per heavy atom. The average Bonchev–Trinajstić information content (AvgIpc) is 2.40. The van der Waals surface area contributed by atoms with Crippen LogP contribution in [0, 0.1) is 0 Å². The molecule has 0 fully saturated rings. The number of oxime groups is 1. The van der Waals surface area contributed by atoms with E-state index in [1.54, 1.807) is 20.8 Å². The predicted molar refractivity (Wildman–Crippen MR) is 87.0 cm³/mol. The number of halogens is 5. The second-order valence-electron chi connectivity index (χ2n) is 5.77. The number of hydrogen-bond donors (Lipinski definition) is 1. The lowest BCUT2D eigenvalue weighted by molar-refractivity contribution is -0.173. The van der Waals surface area contributed by atoms with Crippen molar-refractivity contribution in [2.75, 3.05) is 13.2 Å². The van der Waals surface area contributed by atoms with E-state index in [1.807, 2.05) is 0 Å². The number of carbonyl (C=O) groups is 1. The van der Waals surface area contributed by atoms with Crippen molar-refractivity contribution in [2.45, 2.75) is 32.5 Å². The molecule has 0 unspecified atom stereocenters. The molecule has 140 valence electrons. The summed E-state index contributed by atoms with van der Waals surface area (Å²) < 4.78 is 41.6. The van der Waals surface area contributed by atoms with Crippen LogP contribution in [0.5, 0.6) is 0 Å². The SMILES string of the molecule is CC(C)(C)OC(=O)NC/C(=N\OCC(F)(F)F)c1ncc(Cl)cc1Cl. The summed E-state index contributed by atoms with van der Waals surface area (Å²) in [5, 5.41) is 5.98. The van der Waals surface area contributed by atoms with E-state index in [-0.39, 0.29) is 28.0 Å². The quantitative estimate of drug-likeness (QED) is 0.592. The van der Waals surface area contributed by atoms with Gasteiger partial charge in [-0.1, -0.05) is 28.4 Å². The van der Waals surface area contributed by atoms with Crippen molar-refractivity contribution in [2.24, 2.45) is 5.16 Å². The van der Waals surface area contributed by atoms with Crippen LogP contribution in [-0.2, 0) is 9.57 Å². The molecule has 0 saturated carbocycles. The fourth-order valence-electron chi connectivity index (χ4n) is 1.44. The van der Waals surface area contributed by atoms with Crippen molar-refractivity contribution in [3.63, 3.8) is 0 Å². The molecular weight excluding hydrogens is 386 g/mol. The van der Waals surface area contributed by atoms with Crippen molar-refractivity contribution in [3.8, 4) is 0 Å². The molecule has 1 amide bonds. The van der Waals surface area contributed by atoms with Gasteiger partial charge in [-0.2, -0.15) is 13.2 Å². The van der Waals surface area contributed by atoms with Gasteiger partial charge < -0.3 is 14.9 Å². The minimum absolute atomic E-state index is 0.0179. The molecule has 1 aromatic rings. The number of aromatic nitrogens is 1. The van der Waals surface area contributed by atoms with Crippen LogP contribution in [0.3, 0.4) is 0 Å². The predicted octanol–water partition coefficient (Wildman–Crippen LogP) is 4.20. The van der Waals surface area contributed by atoms with Gasteiger partial charge in [0.2, 0.25) is 6.61 Å². The molecule has 0 atom stereocenters. The number of alkyl halides is 3. The highest BCUT2D eigenvalue weighted by Gasteiger charge is 2.29. The summed E-state index contributed by atoms with van der Waals surface area (Å²) in [6, 6.07) is 1.33. The molecule has 0 radical (unpaired) electrons. The monoisotopic (exact) mass is 401 g/mol. The summed E-state index contributed by atoms with van der Waals surface area (Å²) >= 11 is 11.7. The van der Waals surface area contributed by atoms with Gasteiger partial charge in [0, 0.05) is 6.20 Å². The minimum Gasteiger partial charge on any atom is -0.444 e. The maximum Gasteiger partial charge on any atom is 0.425 e. The highest BCUT2D eigenvalue weighted by molar-refractivity contribution is 6.36. The minimum atomic E-state index is -4.57. The Labute approximate surface area is 152 Å². The van der Waals surface area contributed by atoms with Gasteiger partial charge >= 0.3 is 12.3 Å². The molecule has 1 N–H and O–H groups in total. The molecule has 11 heteroatoms. The molecule has 0 aliphatic carbocycles. The summed E-state index contributed by atoms with van der Waals surface area (Å²) in [5.74, 6) is 0. The van der Waals surface area contributed by atoms with E-state index < -0.39 is 24.5 Å². The van der Waals surface area contributed by atoms with Gasteiger partial charge in [0.15, 0.2) is 0 Å². The van der Waals surface area contributed by atoms with Crippen LogP contribution in [0.25, 0.3) is 0 Å². The van der Waals surface area contributed by atoms with Crippen molar-refractivity contribution in [1.29, 1.82) is 0 Å². The third kappa shape index (κ3) is 8.78. The van der Waals surface area contributed by atoms with E-state index >= 15 is 0 Å². The van der Waals surface area contributed by atoms with Crippen LogP contribution in [0.1, 0.15) is 26.5 Å². The Morgan fingerprint density at radius 2 is 1.96 bits per heavy atom. The molecule has 0 aliphatic rings. The largest absolute Gasteiger partial charge is 0.444 e. The average molecular weight is 402 g/mol. The van der Waals surface area contributed by atoms with Gasteiger partial charge in [-0.05, 0) is 26.8 Å². The molecule has 0 saturated heterocycles. The highest BCUT2D eigenvalue weighted by atomic mass is 35.5. The Kier molecular flexibility index (Phi) is 7.30. The van der Waals surface area contributed by atoms with Crippen LogP contribution in [0.2, 0.25) is 10.0 Å². The fourth-order valence-corrected chi connectivity index (χ4v) is 1.93. The summed E-state index contributed by atoms with van der Waals surface area (Å²) in [6.07, 6.45) is -4.12. The molecule has 25 heavy (non-hydrogen) atoms. The van der Waals surface area contributed by atoms with E-state index in [0.29, 0.717) is 0 Å². The van der Waals surface area contributed by atoms with Crippen LogP contribution < -0.4 is 5.32 Å². The molecule has 1 aromatic heterocycles. The second-order valence-corrected chi connectivity index (χ2v) is 6.61. The Bertz CT molecular complexity index is 646. The van der Waals surface area contributed by atoms with Crippen molar-refractivity contribution < 1.29 is 27.5 Å². The standard InChI is InChI=1S/C14H16Cl2F3N3O3/c1-13(2,3)25-12(23)21-6-10(22-24-7-14(17,18)19)11-9(16)4-8(15)5-20-11/h4-5H,6-7H2,1-3H3,(H,21,23)/b22-10+. The third-order valence-corrected chi connectivity index (χ3v) is 2.78. The van der Waals surface area contributed by atoms with Crippen molar-refractivity contribution in [1.82, 2.24) is 10.3 Å². The molecular formula is C14H16Cl2F3N3O3. The molecule has 0 aromatic carbocycles. The summed E-state index contributed by atoms with van der Waals surface area (Å²) in [4.78, 5) is 19.9. The van der Waals surface area contributed by atoms with Gasteiger partial charge in [-0.3, -0.25) is 4.98 Å². The Balaban J connectivity index is 2.92. The molecule has 1 heterocycles. The number of nitrogens with zero attached hydrogens (tertiary/aromatic N) is 2. The third-order valence-electron chi connectivity index (χ3n) is 2.28. The van der Waals surface area contributed by atoms with E-state index in [0.717, 1.165) is 0 Å². The van der Waals surface area contributed by atoms with Crippen molar-refractivity contribution in [3.05, 3.63) is 28.0 Å². The molecule has 0 aliphatic heterocycles. The number of hydrogen-bond acceptors (Lipinski definition) is 5. The maximum atomic E-state index is 12.2.